The Kier molecular flexibility index (Phi) is 7.30. The SMILES string of the molecule is CC(C)(C)CCc1c(I)cc(I)c(OCC(=O)O)c1I. The van der Waals surface area contributed by atoms with Crippen LogP contribution in [0.15, 0.2) is 6.07 Å². The maximum atomic E-state index is 10.7. The predicted molar refractivity (Wildman–Crippen MR) is 105 cm³/mol. The number of hydrogen-bond donors (Lipinski definition) is 1. The van der Waals surface area contributed by atoms with Gasteiger partial charge < -0.3 is 9.84 Å². The van der Waals surface area contributed by atoms with Gasteiger partial charge in [0.25, 0.3) is 0 Å². The average molecular weight is 614 g/mol. The van der Waals surface area contributed by atoms with E-state index in [-0.39, 0.29) is 12.0 Å². The van der Waals surface area contributed by atoms with Gasteiger partial charge in [0.2, 0.25) is 0 Å². The van der Waals surface area contributed by atoms with Crippen LogP contribution in [-0.4, -0.2) is 17.7 Å². The summed E-state index contributed by atoms with van der Waals surface area (Å²) < 4.78 is 8.64. The minimum atomic E-state index is -0.952. The summed E-state index contributed by atoms with van der Waals surface area (Å²) in [6.45, 7) is 6.37. The summed E-state index contributed by atoms with van der Waals surface area (Å²) >= 11 is 6.80. The van der Waals surface area contributed by atoms with Crippen molar-refractivity contribution in [1.82, 2.24) is 0 Å². The molecule has 1 rings (SSSR count). The number of benzene rings is 1. The van der Waals surface area contributed by atoms with Crippen LogP contribution in [0.5, 0.6) is 5.75 Å². The van der Waals surface area contributed by atoms with Crippen LogP contribution in [0, 0.1) is 16.1 Å². The van der Waals surface area contributed by atoms with Gasteiger partial charge in [0.1, 0.15) is 5.75 Å². The molecule has 0 saturated heterocycles. The highest BCUT2D eigenvalue weighted by Crippen LogP contribution is 2.35. The largest absolute Gasteiger partial charge is 0.480 e. The maximum absolute atomic E-state index is 10.7. The van der Waals surface area contributed by atoms with Crippen LogP contribution < -0.4 is 4.74 Å². The van der Waals surface area contributed by atoms with Gasteiger partial charge in [-0.1, -0.05) is 20.8 Å². The van der Waals surface area contributed by atoms with Crippen molar-refractivity contribution in [2.75, 3.05) is 6.61 Å². The second-order valence-corrected chi connectivity index (χ2v) is 9.11. The molecule has 1 aromatic rings. The highest BCUT2D eigenvalue weighted by Gasteiger charge is 2.18. The van der Waals surface area contributed by atoms with Gasteiger partial charge in [-0.3, -0.25) is 0 Å². The third-order valence-corrected chi connectivity index (χ3v) is 5.59. The number of carboxylic acid groups (broad SMARTS) is 1. The third-order valence-electron chi connectivity index (χ3n) is 2.69. The summed E-state index contributed by atoms with van der Waals surface area (Å²) in [4.78, 5) is 10.7. The number of aliphatic carboxylic acids is 1. The molecule has 0 radical (unpaired) electrons. The standard InChI is InChI=1S/C14H17I3O3/c1-14(2,3)5-4-8-9(15)6-10(16)13(12(8)17)20-7-11(18)19/h6H,4-5,7H2,1-3H3,(H,18,19). The molecule has 0 spiro atoms. The molecule has 1 N–H and O–H groups in total. The molecule has 112 valence electrons. The zero-order valence-corrected chi connectivity index (χ0v) is 18.1. The number of rotatable bonds is 5. The fourth-order valence-electron chi connectivity index (χ4n) is 1.61. The first-order chi connectivity index (χ1) is 9.11. The molecule has 0 atom stereocenters. The molecule has 6 heteroatoms. The van der Waals surface area contributed by atoms with E-state index in [1.165, 1.54) is 9.13 Å². The monoisotopic (exact) mass is 614 g/mol. The van der Waals surface area contributed by atoms with Gasteiger partial charge in [0.05, 0.1) is 7.14 Å². The molecular formula is C14H17I3O3. The number of hydrogen-bond acceptors (Lipinski definition) is 2. The normalized spacial score (nSPS) is 11.5. The van der Waals surface area contributed by atoms with Gasteiger partial charge in [0.15, 0.2) is 6.61 Å². The summed E-state index contributed by atoms with van der Waals surface area (Å²) in [6.07, 6.45) is 2.05. The lowest BCUT2D eigenvalue weighted by Gasteiger charge is -2.20. The topological polar surface area (TPSA) is 46.5 Å². The van der Waals surface area contributed by atoms with E-state index in [0.29, 0.717) is 5.75 Å². The van der Waals surface area contributed by atoms with E-state index in [9.17, 15) is 4.79 Å². The van der Waals surface area contributed by atoms with E-state index in [1.54, 1.807) is 0 Å². The molecule has 20 heavy (non-hydrogen) atoms. The van der Waals surface area contributed by atoms with Crippen molar-refractivity contribution in [1.29, 1.82) is 0 Å². The molecule has 0 heterocycles. The predicted octanol–water partition coefficient (Wildman–Crippen LogP) is 4.94. The Labute approximate surface area is 160 Å². The van der Waals surface area contributed by atoms with Crippen molar-refractivity contribution in [2.24, 2.45) is 5.41 Å². The van der Waals surface area contributed by atoms with E-state index < -0.39 is 5.97 Å². The lowest BCUT2D eigenvalue weighted by molar-refractivity contribution is -0.139. The second kappa shape index (κ2) is 7.80. The van der Waals surface area contributed by atoms with Crippen molar-refractivity contribution in [3.63, 3.8) is 0 Å². The Balaban J connectivity index is 3.05. The number of carbonyl (C=O) groups is 1. The molecule has 0 amide bonds. The first kappa shape index (κ1) is 18.7. The van der Waals surface area contributed by atoms with Gasteiger partial charge in [-0.05, 0) is 97.7 Å². The molecular weight excluding hydrogens is 597 g/mol. The molecule has 0 saturated carbocycles. The fraction of sp³-hybridized carbons (Fsp3) is 0.500. The molecule has 0 aliphatic heterocycles. The van der Waals surface area contributed by atoms with E-state index in [4.69, 9.17) is 9.84 Å². The quantitative estimate of drug-likeness (QED) is 0.479. The summed E-state index contributed by atoms with van der Waals surface area (Å²) in [7, 11) is 0. The van der Waals surface area contributed by atoms with Crippen LogP contribution in [0.2, 0.25) is 0 Å². The Bertz CT molecular complexity index is 507. The molecule has 1 aromatic carbocycles. The van der Waals surface area contributed by atoms with Gasteiger partial charge >= 0.3 is 5.97 Å². The van der Waals surface area contributed by atoms with Crippen molar-refractivity contribution in [3.05, 3.63) is 22.3 Å². The van der Waals surface area contributed by atoms with Crippen LogP contribution in [-0.2, 0) is 11.2 Å². The molecule has 0 unspecified atom stereocenters. The number of carboxylic acids is 1. The Hall–Kier alpha value is 0.680. The first-order valence-electron chi connectivity index (χ1n) is 6.13. The zero-order chi connectivity index (χ0) is 15.5. The molecule has 0 fully saturated rings. The third kappa shape index (κ3) is 5.82. The number of halogens is 3. The first-order valence-corrected chi connectivity index (χ1v) is 9.36. The zero-order valence-electron chi connectivity index (χ0n) is 11.6. The second-order valence-electron chi connectivity index (χ2n) is 5.70. The molecule has 0 aromatic heterocycles. The van der Waals surface area contributed by atoms with Gasteiger partial charge in [-0.15, -0.1) is 0 Å². The van der Waals surface area contributed by atoms with Crippen molar-refractivity contribution < 1.29 is 14.6 Å². The molecule has 0 aliphatic carbocycles. The number of ether oxygens (including phenoxy) is 1. The van der Waals surface area contributed by atoms with Gasteiger partial charge in [-0.2, -0.15) is 0 Å². The Morgan fingerprint density at radius 2 is 1.85 bits per heavy atom. The van der Waals surface area contributed by atoms with E-state index in [2.05, 4.69) is 94.6 Å². The molecule has 3 nitrogen and oxygen atoms in total. The van der Waals surface area contributed by atoms with Crippen LogP contribution >= 0.6 is 67.8 Å². The van der Waals surface area contributed by atoms with Crippen molar-refractivity contribution >= 4 is 73.7 Å². The van der Waals surface area contributed by atoms with Gasteiger partial charge in [-0.25, -0.2) is 4.79 Å². The fourth-order valence-corrected chi connectivity index (χ4v) is 5.83. The minimum absolute atomic E-state index is 0.275. The smallest absolute Gasteiger partial charge is 0.341 e. The van der Waals surface area contributed by atoms with Crippen LogP contribution in [0.4, 0.5) is 0 Å². The van der Waals surface area contributed by atoms with Crippen LogP contribution in [0.3, 0.4) is 0 Å². The summed E-state index contributed by atoms with van der Waals surface area (Å²) in [6, 6.07) is 2.05. The molecule has 0 bridgehead atoms. The van der Waals surface area contributed by atoms with Crippen molar-refractivity contribution in [2.45, 2.75) is 33.6 Å². The van der Waals surface area contributed by atoms with Crippen LogP contribution in [0.25, 0.3) is 0 Å². The Morgan fingerprint density at radius 3 is 2.35 bits per heavy atom. The summed E-state index contributed by atoms with van der Waals surface area (Å²) in [5.41, 5.74) is 1.53. The lowest BCUT2D eigenvalue weighted by Crippen LogP contribution is -2.13. The van der Waals surface area contributed by atoms with Gasteiger partial charge in [0, 0.05) is 3.57 Å². The van der Waals surface area contributed by atoms with E-state index in [0.717, 1.165) is 20.0 Å². The molecule has 0 aliphatic rings. The van der Waals surface area contributed by atoms with E-state index >= 15 is 0 Å². The van der Waals surface area contributed by atoms with Crippen LogP contribution in [0.1, 0.15) is 32.8 Å². The highest BCUT2D eigenvalue weighted by atomic mass is 127. The highest BCUT2D eigenvalue weighted by molar-refractivity contribution is 14.1. The lowest BCUT2D eigenvalue weighted by atomic mass is 9.89. The van der Waals surface area contributed by atoms with Crippen molar-refractivity contribution in [3.8, 4) is 5.75 Å². The average Bonchev–Trinajstić information content (AvgIpc) is 2.25. The minimum Gasteiger partial charge on any atom is -0.480 e. The van der Waals surface area contributed by atoms with E-state index in [1.807, 2.05) is 0 Å². The summed E-state index contributed by atoms with van der Waals surface area (Å²) in [5, 5.41) is 8.76. The maximum Gasteiger partial charge on any atom is 0.341 e. The Morgan fingerprint density at radius 1 is 1.25 bits per heavy atom. The summed E-state index contributed by atoms with van der Waals surface area (Å²) in [5.74, 6) is -0.260.